The number of nitrogens with one attached hydrogen (secondary N) is 1. The zero-order valence-corrected chi connectivity index (χ0v) is 20.7. The Hall–Kier alpha value is -2.58. The van der Waals surface area contributed by atoms with Gasteiger partial charge < -0.3 is 19.5 Å². The van der Waals surface area contributed by atoms with Crippen LogP contribution in [-0.4, -0.2) is 33.1 Å². The molecule has 32 heavy (non-hydrogen) atoms. The van der Waals surface area contributed by atoms with E-state index in [1.165, 1.54) is 12.0 Å². The molecule has 1 aromatic heterocycles. The molecule has 2 aromatic rings. The molecule has 0 saturated carbocycles. The molecule has 0 fully saturated rings. The first kappa shape index (κ1) is 22.6. The number of esters is 1. The van der Waals surface area contributed by atoms with Crippen LogP contribution in [0.5, 0.6) is 11.5 Å². The van der Waals surface area contributed by atoms with Crippen molar-refractivity contribution in [2.24, 2.45) is 0 Å². The summed E-state index contributed by atoms with van der Waals surface area (Å²) in [7, 11) is 4.47. The molecule has 0 saturated heterocycles. The molecule has 2 heterocycles. The Balaban J connectivity index is 1.89. The van der Waals surface area contributed by atoms with Crippen LogP contribution < -0.4 is 14.8 Å². The van der Waals surface area contributed by atoms with E-state index in [1.807, 2.05) is 24.4 Å². The van der Waals surface area contributed by atoms with Gasteiger partial charge in [0.25, 0.3) is 0 Å². The minimum Gasteiger partial charge on any atom is -0.493 e. The van der Waals surface area contributed by atoms with Crippen molar-refractivity contribution in [2.75, 3.05) is 21.3 Å². The van der Waals surface area contributed by atoms with Crippen LogP contribution in [0.3, 0.4) is 0 Å². The van der Waals surface area contributed by atoms with Crippen molar-refractivity contribution in [1.29, 1.82) is 0 Å². The number of carbonyl (C=O) groups excluding carboxylic acids is 2. The molecule has 1 aliphatic heterocycles. The third-order valence-corrected chi connectivity index (χ3v) is 7.71. The minimum atomic E-state index is -0.579. The number of Topliss-reactive ketones (excluding diaryl/α,β-unsaturated/α-hetero) is 1. The van der Waals surface area contributed by atoms with Gasteiger partial charge in [0, 0.05) is 44.6 Å². The number of thiophene rings is 1. The largest absolute Gasteiger partial charge is 0.493 e. The summed E-state index contributed by atoms with van der Waals surface area (Å²) in [6.07, 6.45) is 1.10. The lowest BCUT2D eigenvalue weighted by Gasteiger charge is -2.36. The molecule has 2 aliphatic rings. The maximum atomic E-state index is 13.5. The standard InChI is InChI=1S/C24H24BrNO5S/c1-12-21(24(28)31-4)22(14-10-18(29-2)19(30-3)11-15(14)25)23-16(26-12)8-13(9-17(23)27)20-6-5-7-32-20/h5-7,10-11,13,22,26H,8-9H2,1-4H3/t13-,22+/m0/s1. The number of allylic oxidation sites excluding steroid dienone is 3. The quantitative estimate of drug-likeness (QED) is 0.558. The summed E-state index contributed by atoms with van der Waals surface area (Å²) in [5.41, 5.74) is 3.32. The summed E-state index contributed by atoms with van der Waals surface area (Å²) < 4.78 is 16.7. The highest BCUT2D eigenvalue weighted by Gasteiger charge is 2.42. The van der Waals surface area contributed by atoms with Crippen LogP contribution in [-0.2, 0) is 14.3 Å². The van der Waals surface area contributed by atoms with Gasteiger partial charge in [0.2, 0.25) is 0 Å². The molecule has 1 aliphatic carbocycles. The molecule has 2 atom stereocenters. The van der Waals surface area contributed by atoms with Crippen molar-refractivity contribution in [3.05, 3.63) is 67.1 Å². The number of carbonyl (C=O) groups is 2. The van der Waals surface area contributed by atoms with Crippen LogP contribution in [0.15, 0.2) is 56.7 Å². The second-order valence-corrected chi connectivity index (χ2v) is 9.59. The van der Waals surface area contributed by atoms with Gasteiger partial charge >= 0.3 is 5.97 Å². The number of rotatable bonds is 5. The fraction of sp³-hybridized carbons (Fsp3) is 0.333. The van der Waals surface area contributed by atoms with E-state index in [1.54, 1.807) is 31.6 Å². The van der Waals surface area contributed by atoms with Gasteiger partial charge in [-0.05, 0) is 42.5 Å². The SMILES string of the molecule is COC(=O)C1=C(C)NC2=C(C(=O)C[C@@H](c3cccs3)C2)[C@@H]1c1cc(OC)c(OC)cc1Br. The van der Waals surface area contributed by atoms with E-state index < -0.39 is 11.9 Å². The van der Waals surface area contributed by atoms with Crippen LogP contribution in [0.2, 0.25) is 0 Å². The van der Waals surface area contributed by atoms with E-state index in [9.17, 15) is 9.59 Å². The molecule has 6 nitrogen and oxygen atoms in total. The Bertz CT molecular complexity index is 1140. The van der Waals surface area contributed by atoms with E-state index >= 15 is 0 Å². The van der Waals surface area contributed by atoms with E-state index in [0.717, 1.165) is 15.7 Å². The molecule has 4 rings (SSSR count). The summed E-state index contributed by atoms with van der Waals surface area (Å²) in [5, 5.41) is 5.38. The zero-order chi connectivity index (χ0) is 23.0. The Morgan fingerprint density at radius 3 is 2.50 bits per heavy atom. The van der Waals surface area contributed by atoms with Gasteiger partial charge in [-0.15, -0.1) is 11.3 Å². The fourth-order valence-corrected chi connectivity index (χ4v) is 5.93. The lowest BCUT2D eigenvalue weighted by atomic mass is 9.72. The summed E-state index contributed by atoms with van der Waals surface area (Å²) in [5.74, 6) is 0.173. The minimum absolute atomic E-state index is 0.0257. The molecule has 1 N–H and O–H groups in total. The highest BCUT2D eigenvalue weighted by molar-refractivity contribution is 9.10. The van der Waals surface area contributed by atoms with Gasteiger partial charge in [0.15, 0.2) is 17.3 Å². The number of ketones is 1. The summed E-state index contributed by atoms with van der Waals surface area (Å²) in [6.45, 7) is 1.84. The van der Waals surface area contributed by atoms with Gasteiger partial charge in [0.05, 0.1) is 26.9 Å². The first-order valence-corrected chi connectivity index (χ1v) is 11.8. The van der Waals surface area contributed by atoms with Crippen LogP contribution in [0.4, 0.5) is 0 Å². The van der Waals surface area contributed by atoms with Crippen LogP contribution in [0.1, 0.15) is 42.0 Å². The lowest BCUT2D eigenvalue weighted by molar-refractivity contribution is -0.136. The maximum Gasteiger partial charge on any atom is 0.336 e. The van der Waals surface area contributed by atoms with E-state index in [-0.39, 0.29) is 11.7 Å². The van der Waals surface area contributed by atoms with E-state index in [2.05, 4.69) is 27.3 Å². The number of hydrogen-bond acceptors (Lipinski definition) is 7. The van der Waals surface area contributed by atoms with Gasteiger partial charge in [0.1, 0.15) is 0 Å². The maximum absolute atomic E-state index is 13.5. The van der Waals surface area contributed by atoms with Gasteiger partial charge in [-0.1, -0.05) is 22.0 Å². The Kier molecular flexibility index (Phi) is 6.44. The number of hydrogen-bond donors (Lipinski definition) is 1. The fourth-order valence-electron chi connectivity index (χ4n) is 4.55. The van der Waals surface area contributed by atoms with Crippen LogP contribution in [0.25, 0.3) is 0 Å². The molecular formula is C24H24BrNO5S. The molecule has 1 aromatic carbocycles. The van der Waals surface area contributed by atoms with Crippen molar-refractivity contribution < 1.29 is 23.8 Å². The zero-order valence-electron chi connectivity index (χ0n) is 18.3. The Morgan fingerprint density at radius 1 is 1.16 bits per heavy atom. The average Bonchev–Trinajstić information content (AvgIpc) is 3.32. The smallest absolute Gasteiger partial charge is 0.336 e. The van der Waals surface area contributed by atoms with Crippen molar-refractivity contribution in [2.45, 2.75) is 31.6 Å². The summed E-state index contributed by atoms with van der Waals surface area (Å²) in [6, 6.07) is 7.69. The van der Waals surface area contributed by atoms with Crippen molar-refractivity contribution in [3.63, 3.8) is 0 Å². The van der Waals surface area contributed by atoms with Crippen molar-refractivity contribution in [3.8, 4) is 11.5 Å². The molecule has 8 heteroatoms. The van der Waals surface area contributed by atoms with Crippen LogP contribution in [0, 0.1) is 0 Å². The number of ether oxygens (including phenoxy) is 3. The van der Waals surface area contributed by atoms with Crippen molar-refractivity contribution >= 4 is 39.0 Å². The monoisotopic (exact) mass is 517 g/mol. The predicted molar refractivity (Wildman–Crippen MR) is 126 cm³/mol. The second-order valence-electron chi connectivity index (χ2n) is 7.75. The summed E-state index contributed by atoms with van der Waals surface area (Å²) >= 11 is 5.29. The third-order valence-electron chi connectivity index (χ3n) is 5.99. The van der Waals surface area contributed by atoms with E-state index in [4.69, 9.17) is 14.2 Å². The lowest BCUT2D eigenvalue weighted by Crippen LogP contribution is -2.36. The van der Waals surface area contributed by atoms with E-state index in [0.29, 0.717) is 41.2 Å². The molecule has 0 amide bonds. The molecule has 168 valence electrons. The molecule has 0 unspecified atom stereocenters. The highest BCUT2D eigenvalue weighted by atomic mass is 79.9. The Morgan fingerprint density at radius 2 is 1.88 bits per heavy atom. The van der Waals surface area contributed by atoms with Gasteiger partial charge in [-0.3, -0.25) is 4.79 Å². The molecule has 0 radical (unpaired) electrons. The molecular weight excluding hydrogens is 494 g/mol. The third kappa shape index (κ3) is 3.86. The first-order chi connectivity index (χ1) is 15.4. The van der Waals surface area contributed by atoms with Gasteiger partial charge in [-0.2, -0.15) is 0 Å². The Labute approximate surface area is 199 Å². The van der Waals surface area contributed by atoms with Crippen LogP contribution >= 0.6 is 27.3 Å². The normalized spacial score (nSPS) is 20.6. The molecule has 0 bridgehead atoms. The predicted octanol–water partition coefficient (Wildman–Crippen LogP) is 5.06. The average molecular weight is 518 g/mol. The number of dihydropyridines is 1. The van der Waals surface area contributed by atoms with Gasteiger partial charge in [-0.25, -0.2) is 4.79 Å². The van der Waals surface area contributed by atoms with Crippen molar-refractivity contribution in [1.82, 2.24) is 5.32 Å². The number of benzene rings is 1. The summed E-state index contributed by atoms with van der Waals surface area (Å²) in [4.78, 5) is 27.6. The topological polar surface area (TPSA) is 73.9 Å². The molecule has 0 spiro atoms. The first-order valence-electron chi connectivity index (χ1n) is 10.2. The number of methoxy groups -OCH3 is 3. The number of halogens is 1. The second kappa shape index (κ2) is 9.11. The highest BCUT2D eigenvalue weighted by Crippen LogP contribution is 2.49.